The predicted molar refractivity (Wildman–Crippen MR) is 145 cm³/mol. The molecule has 1 aliphatic rings. The zero-order valence-electron chi connectivity index (χ0n) is 22.2. The van der Waals surface area contributed by atoms with Crippen LogP contribution in [0.5, 0.6) is 0 Å². The monoisotopic (exact) mass is 491 g/mol. The molecule has 2 heterocycles. The number of carbonyl (C=O) groups excluding carboxylic acids is 1. The van der Waals surface area contributed by atoms with Crippen molar-refractivity contribution in [3.05, 3.63) is 93.0 Å². The van der Waals surface area contributed by atoms with Crippen LogP contribution in [0.4, 0.5) is 0 Å². The average Bonchev–Trinajstić information content (AvgIpc) is 3.34. The number of nitriles is 1. The van der Waals surface area contributed by atoms with Crippen molar-refractivity contribution in [3.63, 3.8) is 0 Å². The van der Waals surface area contributed by atoms with Crippen LogP contribution in [-0.2, 0) is 19.5 Å². The molecule has 1 aromatic heterocycles. The van der Waals surface area contributed by atoms with E-state index in [0.29, 0.717) is 13.1 Å². The summed E-state index contributed by atoms with van der Waals surface area (Å²) in [6, 6.07) is 19.2. The average molecular weight is 492 g/mol. The predicted octanol–water partition coefficient (Wildman–Crippen LogP) is 5.87. The van der Waals surface area contributed by atoms with Crippen LogP contribution in [0, 0.1) is 38.0 Å². The molecule has 1 aliphatic heterocycles. The summed E-state index contributed by atoms with van der Waals surface area (Å²) in [5.41, 5.74) is 10.6. The summed E-state index contributed by atoms with van der Waals surface area (Å²) in [4.78, 5) is 15.3. The third-order valence-electron chi connectivity index (χ3n) is 7.96. The SMILES string of the molecule is CCn1nnc2c(C)c(C(c3ccc4c(c3)CN(C(=O)c3ccc(C)c(C)c3)CC4)C(C)C#N)ccc21. The van der Waals surface area contributed by atoms with Crippen molar-refractivity contribution in [2.45, 2.75) is 60.0 Å². The summed E-state index contributed by atoms with van der Waals surface area (Å²) < 4.78 is 1.90. The van der Waals surface area contributed by atoms with Crippen molar-refractivity contribution in [3.8, 4) is 6.07 Å². The number of hydrogen-bond acceptors (Lipinski definition) is 4. The normalized spacial score (nSPS) is 14.8. The van der Waals surface area contributed by atoms with Gasteiger partial charge in [0.2, 0.25) is 0 Å². The Labute approximate surface area is 218 Å². The van der Waals surface area contributed by atoms with Crippen LogP contribution >= 0.6 is 0 Å². The Balaban J connectivity index is 1.50. The van der Waals surface area contributed by atoms with Crippen LogP contribution in [0.3, 0.4) is 0 Å². The molecule has 0 spiro atoms. The van der Waals surface area contributed by atoms with Crippen LogP contribution in [0.1, 0.15) is 69.1 Å². The fourth-order valence-corrected chi connectivity index (χ4v) is 5.57. The van der Waals surface area contributed by atoms with E-state index >= 15 is 0 Å². The minimum atomic E-state index is -0.229. The van der Waals surface area contributed by atoms with Gasteiger partial charge in [-0.3, -0.25) is 4.79 Å². The highest BCUT2D eigenvalue weighted by Gasteiger charge is 2.28. The number of aryl methyl sites for hydroxylation is 4. The molecular formula is C31H33N5O. The smallest absolute Gasteiger partial charge is 0.254 e. The van der Waals surface area contributed by atoms with E-state index in [2.05, 4.69) is 67.5 Å². The Hall–Kier alpha value is -3.98. The molecule has 4 aromatic rings. The van der Waals surface area contributed by atoms with Gasteiger partial charge in [-0.25, -0.2) is 4.68 Å². The number of nitrogens with zero attached hydrogens (tertiary/aromatic N) is 5. The zero-order valence-corrected chi connectivity index (χ0v) is 22.2. The van der Waals surface area contributed by atoms with E-state index in [1.165, 1.54) is 11.1 Å². The number of rotatable bonds is 5. The van der Waals surface area contributed by atoms with Gasteiger partial charge in [-0.1, -0.05) is 35.5 Å². The molecule has 37 heavy (non-hydrogen) atoms. The van der Waals surface area contributed by atoms with E-state index in [1.807, 2.05) is 41.6 Å². The summed E-state index contributed by atoms with van der Waals surface area (Å²) in [7, 11) is 0. The first-order valence-electron chi connectivity index (χ1n) is 13.0. The van der Waals surface area contributed by atoms with Gasteiger partial charge >= 0.3 is 0 Å². The second-order valence-corrected chi connectivity index (χ2v) is 10.3. The molecule has 0 aliphatic carbocycles. The van der Waals surface area contributed by atoms with E-state index in [0.717, 1.165) is 57.4 Å². The lowest BCUT2D eigenvalue weighted by atomic mass is 9.79. The molecule has 0 fully saturated rings. The maximum atomic E-state index is 13.3. The van der Waals surface area contributed by atoms with Gasteiger partial charge in [0, 0.05) is 31.1 Å². The van der Waals surface area contributed by atoms with E-state index in [1.54, 1.807) is 0 Å². The summed E-state index contributed by atoms with van der Waals surface area (Å²) in [5, 5.41) is 18.7. The standard InChI is InChI=1S/C31H33N5O/c1-6-36-28-12-11-27(22(5)30(28)33-34-36)29(21(4)17-32)24-10-9-23-13-14-35(18-26(23)16-24)31(37)25-8-7-19(2)20(3)15-25/h7-12,15-16,21,29H,6,13-14,18H2,1-5H3. The number of amides is 1. The van der Waals surface area contributed by atoms with Crippen LogP contribution in [0.25, 0.3) is 11.0 Å². The third kappa shape index (κ3) is 4.40. The van der Waals surface area contributed by atoms with Gasteiger partial charge in [-0.2, -0.15) is 5.26 Å². The highest BCUT2D eigenvalue weighted by Crippen LogP contribution is 2.37. The van der Waals surface area contributed by atoms with Gasteiger partial charge < -0.3 is 4.90 Å². The summed E-state index contributed by atoms with van der Waals surface area (Å²) in [6.07, 6.45) is 0.829. The molecule has 0 saturated heterocycles. The molecule has 0 saturated carbocycles. The number of carbonyl (C=O) groups is 1. The van der Waals surface area contributed by atoms with E-state index in [9.17, 15) is 10.1 Å². The van der Waals surface area contributed by atoms with Crippen molar-refractivity contribution in [1.82, 2.24) is 19.9 Å². The van der Waals surface area contributed by atoms with Crippen LogP contribution in [0.2, 0.25) is 0 Å². The van der Waals surface area contributed by atoms with Crippen LogP contribution in [0.15, 0.2) is 48.5 Å². The van der Waals surface area contributed by atoms with Crippen molar-refractivity contribution in [1.29, 1.82) is 5.26 Å². The van der Waals surface area contributed by atoms with Crippen molar-refractivity contribution in [2.24, 2.45) is 5.92 Å². The Bertz CT molecular complexity index is 1540. The largest absolute Gasteiger partial charge is 0.334 e. The number of hydrogen-bond donors (Lipinski definition) is 0. The molecule has 6 nitrogen and oxygen atoms in total. The zero-order chi connectivity index (χ0) is 26.3. The highest BCUT2D eigenvalue weighted by molar-refractivity contribution is 5.94. The lowest BCUT2D eigenvalue weighted by Crippen LogP contribution is -2.36. The van der Waals surface area contributed by atoms with Gasteiger partial charge in [0.15, 0.2) is 0 Å². The van der Waals surface area contributed by atoms with Gasteiger partial charge in [0.25, 0.3) is 5.91 Å². The maximum absolute atomic E-state index is 13.3. The first-order valence-corrected chi connectivity index (χ1v) is 13.0. The topological polar surface area (TPSA) is 74.8 Å². The van der Waals surface area contributed by atoms with Gasteiger partial charge in [0.1, 0.15) is 5.52 Å². The summed E-state index contributed by atoms with van der Waals surface area (Å²) >= 11 is 0. The molecule has 0 radical (unpaired) electrons. The second-order valence-electron chi connectivity index (χ2n) is 10.3. The molecule has 5 rings (SSSR count). The number of aromatic nitrogens is 3. The summed E-state index contributed by atoms with van der Waals surface area (Å²) in [5.74, 6) is -0.258. The number of fused-ring (bicyclic) bond motifs is 2. The van der Waals surface area contributed by atoms with Crippen LogP contribution in [-0.4, -0.2) is 32.3 Å². The lowest BCUT2D eigenvalue weighted by Gasteiger charge is -2.31. The Morgan fingerprint density at radius 2 is 1.86 bits per heavy atom. The molecule has 2 atom stereocenters. The van der Waals surface area contributed by atoms with Gasteiger partial charge in [-0.05, 0) is 98.2 Å². The molecule has 2 unspecified atom stereocenters. The fraction of sp³-hybridized carbons (Fsp3) is 0.355. The Morgan fingerprint density at radius 3 is 2.59 bits per heavy atom. The first kappa shape index (κ1) is 24.7. The Morgan fingerprint density at radius 1 is 1.05 bits per heavy atom. The second kappa shape index (κ2) is 9.82. The van der Waals surface area contributed by atoms with Crippen molar-refractivity contribution < 1.29 is 4.79 Å². The quantitative estimate of drug-likeness (QED) is 0.350. The molecule has 3 aromatic carbocycles. The lowest BCUT2D eigenvalue weighted by molar-refractivity contribution is 0.0734. The van der Waals surface area contributed by atoms with Crippen molar-refractivity contribution >= 4 is 16.9 Å². The molecule has 188 valence electrons. The van der Waals surface area contributed by atoms with E-state index in [-0.39, 0.29) is 17.7 Å². The third-order valence-corrected chi connectivity index (χ3v) is 7.96. The summed E-state index contributed by atoms with van der Waals surface area (Å²) in [6.45, 7) is 12.3. The molecule has 0 N–H and O–H groups in total. The minimum absolute atomic E-state index is 0.0707. The van der Waals surface area contributed by atoms with Crippen molar-refractivity contribution in [2.75, 3.05) is 6.54 Å². The first-order chi connectivity index (χ1) is 17.8. The molecule has 1 amide bonds. The fourth-order valence-electron chi connectivity index (χ4n) is 5.57. The van der Waals surface area contributed by atoms with Crippen LogP contribution < -0.4 is 0 Å². The molecule has 0 bridgehead atoms. The maximum Gasteiger partial charge on any atom is 0.254 e. The van der Waals surface area contributed by atoms with E-state index in [4.69, 9.17) is 0 Å². The highest BCUT2D eigenvalue weighted by atomic mass is 16.2. The Kier molecular flexibility index (Phi) is 6.55. The molecule has 6 heteroatoms. The minimum Gasteiger partial charge on any atom is -0.334 e. The van der Waals surface area contributed by atoms with Gasteiger partial charge in [-0.15, -0.1) is 5.10 Å². The van der Waals surface area contributed by atoms with Gasteiger partial charge in [0.05, 0.1) is 17.5 Å². The van der Waals surface area contributed by atoms with E-state index < -0.39 is 0 Å². The molecular weight excluding hydrogens is 458 g/mol. The number of benzene rings is 3.